The molecule has 0 unspecified atom stereocenters. The molecule has 0 saturated heterocycles. The van der Waals surface area contributed by atoms with Gasteiger partial charge in [-0.15, -0.1) is 0 Å². The summed E-state index contributed by atoms with van der Waals surface area (Å²) < 4.78 is 5.21. The van der Waals surface area contributed by atoms with Gasteiger partial charge in [0, 0.05) is 18.7 Å². The van der Waals surface area contributed by atoms with Gasteiger partial charge in [-0.25, -0.2) is 0 Å². The molecule has 1 aromatic carbocycles. The quantitative estimate of drug-likeness (QED) is 0.635. The smallest absolute Gasteiger partial charge is 0.287 e. The van der Waals surface area contributed by atoms with E-state index in [9.17, 15) is 14.9 Å². The highest BCUT2D eigenvalue weighted by molar-refractivity contribution is 5.91. The van der Waals surface area contributed by atoms with Gasteiger partial charge in [0.05, 0.1) is 11.5 Å². The van der Waals surface area contributed by atoms with E-state index in [1.807, 2.05) is 0 Å². The predicted octanol–water partition coefficient (Wildman–Crippen LogP) is 1.58. The zero-order chi connectivity index (χ0) is 14.5. The third-order valence-corrected chi connectivity index (χ3v) is 2.69. The SMILES string of the molecule is NCc1ccc(C(=O)NCc2ccc([N+](=O)[O-])cc2)o1. The number of nitro groups is 1. The number of furan rings is 1. The molecule has 0 bridgehead atoms. The zero-order valence-electron chi connectivity index (χ0n) is 10.5. The van der Waals surface area contributed by atoms with Crippen LogP contribution < -0.4 is 11.1 Å². The molecule has 3 N–H and O–H groups in total. The van der Waals surface area contributed by atoms with Crippen LogP contribution in [0.2, 0.25) is 0 Å². The summed E-state index contributed by atoms with van der Waals surface area (Å²) >= 11 is 0. The number of nitrogens with zero attached hydrogens (tertiary/aromatic N) is 1. The molecular weight excluding hydrogens is 262 g/mol. The average Bonchev–Trinajstić information content (AvgIpc) is 2.94. The molecular formula is C13H13N3O4. The minimum absolute atomic E-state index is 0.0127. The number of hydrogen-bond acceptors (Lipinski definition) is 5. The van der Waals surface area contributed by atoms with E-state index in [0.29, 0.717) is 5.76 Å². The number of nitrogens with two attached hydrogens (primary N) is 1. The number of nitrogens with one attached hydrogen (secondary N) is 1. The van der Waals surface area contributed by atoms with Gasteiger partial charge >= 0.3 is 0 Å². The van der Waals surface area contributed by atoms with E-state index in [0.717, 1.165) is 5.56 Å². The van der Waals surface area contributed by atoms with E-state index in [4.69, 9.17) is 10.2 Å². The average molecular weight is 275 g/mol. The highest BCUT2D eigenvalue weighted by Crippen LogP contribution is 2.12. The Kier molecular flexibility index (Phi) is 4.11. The van der Waals surface area contributed by atoms with Gasteiger partial charge in [0.25, 0.3) is 11.6 Å². The van der Waals surface area contributed by atoms with Gasteiger partial charge in [0.2, 0.25) is 0 Å². The molecule has 0 aliphatic rings. The number of hydrogen-bond donors (Lipinski definition) is 2. The fourth-order valence-corrected chi connectivity index (χ4v) is 1.61. The minimum atomic E-state index is -0.473. The molecule has 104 valence electrons. The molecule has 20 heavy (non-hydrogen) atoms. The van der Waals surface area contributed by atoms with Crippen LogP contribution in [0.3, 0.4) is 0 Å². The van der Waals surface area contributed by atoms with Crippen LogP contribution in [0, 0.1) is 10.1 Å². The number of rotatable bonds is 5. The maximum atomic E-state index is 11.8. The van der Waals surface area contributed by atoms with Gasteiger partial charge < -0.3 is 15.5 Å². The molecule has 7 nitrogen and oxygen atoms in total. The first kappa shape index (κ1) is 13.8. The Balaban J connectivity index is 1.94. The second kappa shape index (κ2) is 5.98. The van der Waals surface area contributed by atoms with Crippen molar-refractivity contribution in [1.82, 2.24) is 5.32 Å². The first-order valence-electron chi connectivity index (χ1n) is 5.90. The first-order valence-corrected chi connectivity index (χ1v) is 5.90. The number of carbonyl (C=O) groups is 1. The fraction of sp³-hybridized carbons (Fsp3) is 0.154. The summed E-state index contributed by atoms with van der Waals surface area (Å²) in [6.07, 6.45) is 0. The summed E-state index contributed by atoms with van der Waals surface area (Å²) in [7, 11) is 0. The van der Waals surface area contributed by atoms with E-state index in [-0.39, 0.29) is 30.4 Å². The van der Waals surface area contributed by atoms with Crippen molar-refractivity contribution in [3.8, 4) is 0 Å². The molecule has 0 spiro atoms. The van der Waals surface area contributed by atoms with Crippen LogP contribution in [0.4, 0.5) is 5.69 Å². The molecule has 1 amide bonds. The van der Waals surface area contributed by atoms with Crippen molar-refractivity contribution in [2.75, 3.05) is 0 Å². The lowest BCUT2D eigenvalue weighted by Crippen LogP contribution is -2.22. The summed E-state index contributed by atoms with van der Waals surface area (Å²) in [6, 6.07) is 9.15. The third-order valence-electron chi connectivity index (χ3n) is 2.69. The number of benzene rings is 1. The van der Waals surface area contributed by atoms with Crippen LogP contribution in [0.15, 0.2) is 40.8 Å². The van der Waals surface area contributed by atoms with Crippen LogP contribution in [0.1, 0.15) is 21.9 Å². The fourth-order valence-electron chi connectivity index (χ4n) is 1.61. The van der Waals surface area contributed by atoms with Crippen molar-refractivity contribution >= 4 is 11.6 Å². The highest BCUT2D eigenvalue weighted by Gasteiger charge is 2.10. The number of nitro benzene ring substituents is 1. The largest absolute Gasteiger partial charge is 0.455 e. The van der Waals surface area contributed by atoms with E-state index in [2.05, 4.69) is 5.32 Å². The number of non-ortho nitro benzene ring substituents is 1. The minimum Gasteiger partial charge on any atom is -0.455 e. The Labute approximate surface area is 114 Å². The van der Waals surface area contributed by atoms with Crippen LogP contribution in [-0.4, -0.2) is 10.8 Å². The second-order valence-corrected chi connectivity index (χ2v) is 4.08. The predicted molar refractivity (Wildman–Crippen MR) is 70.9 cm³/mol. The summed E-state index contributed by atoms with van der Waals surface area (Å²) in [5.74, 6) is 0.362. The molecule has 0 fully saturated rings. The van der Waals surface area contributed by atoms with Crippen LogP contribution >= 0.6 is 0 Å². The van der Waals surface area contributed by atoms with E-state index in [1.54, 1.807) is 24.3 Å². The van der Waals surface area contributed by atoms with Gasteiger partial charge in [0.1, 0.15) is 5.76 Å². The molecule has 7 heteroatoms. The third kappa shape index (κ3) is 3.21. The normalized spacial score (nSPS) is 10.2. The Morgan fingerprint density at radius 2 is 1.95 bits per heavy atom. The molecule has 0 atom stereocenters. The summed E-state index contributed by atoms with van der Waals surface area (Å²) in [5, 5.41) is 13.2. The molecule has 0 radical (unpaired) electrons. The Hall–Kier alpha value is -2.67. The molecule has 2 aromatic rings. The van der Waals surface area contributed by atoms with Crippen LogP contribution in [0.25, 0.3) is 0 Å². The standard InChI is InChI=1S/C13H13N3O4/c14-7-11-5-6-12(20-11)13(17)15-8-9-1-3-10(4-2-9)16(18)19/h1-6H,7-8,14H2,(H,15,17). The topological polar surface area (TPSA) is 111 Å². The second-order valence-electron chi connectivity index (χ2n) is 4.08. The summed E-state index contributed by atoms with van der Waals surface area (Å²) in [5.41, 5.74) is 6.16. The molecule has 1 aromatic heterocycles. The monoisotopic (exact) mass is 275 g/mol. The lowest BCUT2D eigenvalue weighted by molar-refractivity contribution is -0.384. The molecule has 0 saturated carbocycles. The maximum absolute atomic E-state index is 11.8. The van der Waals surface area contributed by atoms with Crippen molar-refractivity contribution < 1.29 is 14.1 Å². The Morgan fingerprint density at radius 1 is 1.25 bits per heavy atom. The summed E-state index contributed by atoms with van der Waals surface area (Å²) in [4.78, 5) is 21.8. The van der Waals surface area contributed by atoms with E-state index < -0.39 is 4.92 Å². The van der Waals surface area contributed by atoms with Crippen molar-refractivity contribution in [2.45, 2.75) is 13.1 Å². The van der Waals surface area contributed by atoms with E-state index in [1.165, 1.54) is 12.1 Å². The highest BCUT2D eigenvalue weighted by atomic mass is 16.6. The molecule has 0 aliphatic carbocycles. The van der Waals surface area contributed by atoms with E-state index >= 15 is 0 Å². The van der Waals surface area contributed by atoms with Crippen molar-refractivity contribution in [1.29, 1.82) is 0 Å². The lowest BCUT2D eigenvalue weighted by atomic mass is 10.2. The van der Waals surface area contributed by atoms with Crippen LogP contribution in [0.5, 0.6) is 0 Å². The first-order chi connectivity index (χ1) is 9.60. The van der Waals surface area contributed by atoms with Crippen molar-refractivity contribution in [3.05, 3.63) is 63.6 Å². The van der Waals surface area contributed by atoms with Gasteiger partial charge in [0.15, 0.2) is 5.76 Å². The maximum Gasteiger partial charge on any atom is 0.287 e. The van der Waals surface area contributed by atoms with Gasteiger partial charge in [-0.05, 0) is 17.7 Å². The zero-order valence-corrected chi connectivity index (χ0v) is 10.5. The van der Waals surface area contributed by atoms with Gasteiger partial charge in [-0.2, -0.15) is 0 Å². The van der Waals surface area contributed by atoms with Crippen molar-refractivity contribution in [2.24, 2.45) is 5.73 Å². The number of amides is 1. The van der Waals surface area contributed by atoms with Gasteiger partial charge in [-0.3, -0.25) is 14.9 Å². The lowest BCUT2D eigenvalue weighted by Gasteiger charge is -2.03. The Morgan fingerprint density at radius 3 is 2.50 bits per heavy atom. The van der Waals surface area contributed by atoms with Crippen LogP contribution in [-0.2, 0) is 13.1 Å². The number of carbonyl (C=O) groups excluding carboxylic acids is 1. The molecule has 0 aliphatic heterocycles. The van der Waals surface area contributed by atoms with Gasteiger partial charge in [-0.1, -0.05) is 12.1 Å². The molecule has 1 heterocycles. The molecule has 2 rings (SSSR count). The summed E-state index contributed by atoms with van der Waals surface area (Å²) in [6.45, 7) is 0.491. The Bertz CT molecular complexity index is 619. The van der Waals surface area contributed by atoms with Crippen molar-refractivity contribution in [3.63, 3.8) is 0 Å².